The molecule has 11 nitrogen and oxygen atoms in total. The van der Waals surface area contributed by atoms with Crippen LogP contribution in [0.2, 0.25) is 0 Å². The molecule has 2 heterocycles. The fourth-order valence-corrected chi connectivity index (χ4v) is 5.95. The van der Waals surface area contributed by atoms with Gasteiger partial charge in [-0.1, -0.05) is 0 Å². The van der Waals surface area contributed by atoms with Crippen LogP contribution in [0.4, 0.5) is 22.0 Å². The molecule has 0 N–H and O–H groups in total. The summed E-state index contributed by atoms with van der Waals surface area (Å²) in [6.45, 7) is 1.16. The molecule has 0 aliphatic carbocycles. The maximum Gasteiger partial charge on any atom is 0.394 e. The number of esters is 2. The fourth-order valence-electron chi connectivity index (χ4n) is 3.40. The lowest BCUT2D eigenvalue weighted by Crippen LogP contribution is -2.41. The molecule has 0 aromatic carbocycles. The average molecular weight is 614 g/mol. The van der Waals surface area contributed by atoms with Crippen LogP contribution in [0, 0.1) is 11.3 Å². The minimum absolute atomic E-state index is 0.00822. The van der Waals surface area contributed by atoms with Gasteiger partial charge in [0.25, 0.3) is 5.92 Å². The molecule has 0 amide bonds. The van der Waals surface area contributed by atoms with Crippen LogP contribution in [0.5, 0.6) is 0 Å². The molecule has 2 aliphatic heterocycles. The zero-order valence-corrected chi connectivity index (χ0v) is 22.8. The van der Waals surface area contributed by atoms with Crippen molar-refractivity contribution in [3.05, 3.63) is 0 Å². The lowest BCUT2D eigenvalue weighted by atomic mass is 10.2. The van der Waals surface area contributed by atoms with E-state index in [9.17, 15) is 48.4 Å². The monoisotopic (exact) mass is 613 g/mol. The van der Waals surface area contributed by atoms with Crippen molar-refractivity contribution in [2.45, 2.75) is 37.8 Å². The lowest BCUT2D eigenvalue weighted by molar-refractivity contribution is -0.192. The molecule has 2 saturated heterocycles. The standard InChI is InChI=1S/C12H18F5NO4S.C9H14N2O4S/c13-11(14,9-12(15,16)17)2-6-22-10(19)1-3-18-4-7-23(20,21)8-5-18;10-2-6-15-9(12)1-3-11-4-7-16(13,14)8-5-11/h1-9H2;1,3-8H2. The van der Waals surface area contributed by atoms with Crippen LogP contribution in [0.3, 0.4) is 0 Å². The van der Waals surface area contributed by atoms with Crippen LogP contribution in [-0.2, 0) is 38.7 Å². The smallest absolute Gasteiger partial charge is 0.394 e. The van der Waals surface area contributed by atoms with Gasteiger partial charge in [0.15, 0.2) is 26.3 Å². The maximum atomic E-state index is 12.9. The number of hydrogen-bond acceptors (Lipinski definition) is 11. The zero-order chi connectivity index (χ0) is 29.7. The van der Waals surface area contributed by atoms with E-state index in [4.69, 9.17) is 5.26 Å². The van der Waals surface area contributed by atoms with Gasteiger partial charge >= 0.3 is 18.1 Å². The van der Waals surface area contributed by atoms with Crippen LogP contribution >= 0.6 is 0 Å². The molecule has 0 bridgehead atoms. The van der Waals surface area contributed by atoms with Crippen LogP contribution in [0.25, 0.3) is 0 Å². The molecule has 39 heavy (non-hydrogen) atoms. The molecule has 0 spiro atoms. The van der Waals surface area contributed by atoms with Crippen molar-refractivity contribution in [3.8, 4) is 6.07 Å². The van der Waals surface area contributed by atoms with Crippen molar-refractivity contribution in [2.24, 2.45) is 0 Å². The van der Waals surface area contributed by atoms with E-state index in [0.717, 1.165) is 0 Å². The Morgan fingerprint density at radius 1 is 0.769 bits per heavy atom. The van der Waals surface area contributed by atoms with Crippen LogP contribution in [0.1, 0.15) is 25.7 Å². The van der Waals surface area contributed by atoms with Gasteiger partial charge in [-0.15, -0.1) is 0 Å². The van der Waals surface area contributed by atoms with E-state index in [2.05, 4.69) is 9.47 Å². The number of rotatable bonds is 11. The van der Waals surface area contributed by atoms with E-state index < -0.39 is 63.2 Å². The molecule has 0 atom stereocenters. The average Bonchev–Trinajstić information content (AvgIpc) is 2.80. The summed E-state index contributed by atoms with van der Waals surface area (Å²) in [7, 11) is -5.90. The van der Waals surface area contributed by atoms with E-state index in [1.807, 2.05) is 4.90 Å². The predicted molar refractivity (Wildman–Crippen MR) is 127 cm³/mol. The summed E-state index contributed by atoms with van der Waals surface area (Å²) >= 11 is 0. The van der Waals surface area contributed by atoms with Crippen molar-refractivity contribution in [1.82, 2.24) is 9.80 Å². The third kappa shape index (κ3) is 17.3. The Balaban J connectivity index is 0.000000416. The SMILES string of the molecule is N#CCOC(=O)CCN1CCS(=O)(=O)CC1.O=C(CCN1CCS(=O)(=O)CC1)OCCC(F)(F)CC(F)(F)F. The molecule has 2 fully saturated rings. The summed E-state index contributed by atoms with van der Waals surface area (Å²) in [4.78, 5) is 26.0. The second-order valence-electron chi connectivity index (χ2n) is 8.92. The summed E-state index contributed by atoms with van der Waals surface area (Å²) in [5.74, 6) is -4.91. The van der Waals surface area contributed by atoms with Crippen molar-refractivity contribution >= 4 is 31.6 Å². The van der Waals surface area contributed by atoms with Gasteiger partial charge in [-0.25, -0.2) is 25.6 Å². The van der Waals surface area contributed by atoms with Gasteiger partial charge < -0.3 is 19.3 Å². The Morgan fingerprint density at radius 3 is 1.56 bits per heavy atom. The Hall–Kier alpha value is -2.10. The third-order valence-electron chi connectivity index (χ3n) is 5.63. The number of carbonyl (C=O) groups excluding carboxylic acids is 2. The highest BCUT2D eigenvalue weighted by molar-refractivity contribution is 7.91. The van der Waals surface area contributed by atoms with Gasteiger partial charge in [-0.2, -0.15) is 18.4 Å². The maximum absolute atomic E-state index is 12.9. The van der Waals surface area contributed by atoms with Gasteiger partial charge in [0, 0.05) is 45.7 Å². The van der Waals surface area contributed by atoms with Gasteiger partial charge in [0.05, 0.1) is 42.5 Å². The molecule has 18 heteroatoms. The molecule has 0 radical (unpaired) electrons. The largest absolute Gasteiger partial charge is 0.465 e. The summed E-state index contributed by atoms with van der Waals surface area (Å²) in [5, 5.41) is 8.19. The molecule has 0 aromatic rings. The molecular weight excluding hydrogens is 581 g/mol. The summed E-state index contributed by atoms with van der Waals surface area (Å²) in [6.07, 6.45) is -8.37. The van der Waals surface area contributed by atoms with Crippen LogP contribution in [0.15, 0.2) is 0 Å². The molecule has 0 saturated carbocycles. The predicted octanol–water partition coefficient (Wildman–Crippen LogP) is 0.802. The first-order valence-electron chi connectivity index (χ1n) is 11.9. The van der Waals surface area contributed by atoms with Crippen molar-refractivity contribution < 1.29 is 57.9 Å². The quantitative estimate of drug-likeness (QED) is 0.240. The third-order valence-corrected chi connectivity index (χ3v) is 8.84. The molecule has 0 unspecified atom stereocenters. The fraction of sp³-hybridized carbons (Fsp3) is 0.857. The number of alkyl halides is 5. The Kier molecular flexibility index (Phi) is 14.0. The highest BCUT2D eigenvalue weighted by Gasteiger charge is 2.43. The Morgan fingerprint density at radius 2 is 1.18 bits per heavy atom. The molecule has 2 rings (SSSR count). The van der Waals surface area contributed by atoms with Crippen LogP contribution < -0.4 is 0 Å². The van der Waals surface area contributed by atoms with Gasteiger partial charge in [0.1, 0.15) is 12.5 Å². The van der Waals surface area contributed by atoms with E-state index in [1.54, 1.807) is 11.0 Å². The number of hydrogen-bond donors (Lipinski definition) is 0. The summed E-state index contributed by atoms with van der Waals surface area (Å²) < 4.78 is 115. The molecule has 2 aliphatic rings. The number of nitriles is 1. The highest BCUT2D eigenvalue weighted by atomic mass is 32.2. The molecule has 226 valence electrons. The number of sulfone groups is 2. The van der Waals surface area contributed by atoms with Crippen molar-refractivity contribution in [1.29, 1.82) is 5.26 Å². The van der Waals surface area contributed by atoms with Crippen molar-refractivity contribution in [3.63, 3.8) is 0 Å². The first-order chi connectivity index (χ1) is 17.9. The van der Waals surface area contributed by atoms with Gasteiger partial charge in [-0.05, 0) is 0 Å². The minimum Gasteiger partial charge on any atom is -0.465 e. The van der Waals surface area contributed by atoms with Crippen LogP contribution in [-0.4, -0.2) is 126 Å². The zero-order valence-electron chi connectivity index (χ0n) is 21.1. The Labute approximate surface area is 224 Å². The van der Waals surface area contributed by atoms with E-state index in [0.29, 0.717) is 19.6 Å². The normalized spacial score (nSPS) is 19.7. The second kappa shape index (κ2) is 15.6. The summed E-state index contributed by atoms with van der Waals surface area (Å²) in [6, 6.07) is 1.71. The number of nitrogens with zero attached hydrogens (tertiary/aromatic N) is 3. The number of carbonyl (C=O) groups is 2. The first-order valence-corrected chi connectivity index (χ1v) is 15.5. The van der Waals surface area contributed by atoms with Crippen molar-refractivity contribution in [2.75, 3.05) is 75.5 Å². The number of ether oxygens (including phenoxy) is 2. The highest BCUT2D eigenvalue weighted by Crippen LogP contribution is 2.33. The lowest BCUT2D eigenvalue weighted by Gasteiger charge is -2.25. The minimum atomic E-state index is -4.98. The first kappa shape index (κ1) is 34.9. The van der Waals surface area contributed by atoms with Gasteiger partial charge in [-0.3, -0.25) is 9.59 Å². The van der Waals surface area contributed by atoms with E-state index in [-0.39, 0.29) is 62.1 Å². The van der Waals surface area contributed by atoms with Gasteiger partial charge in [0.2, 0.25) is 0 Å². The summed E-state index contributed by atoms with van der Waals surface area (Å²) in [5.41, 5.74) is 0. The Bertz CT molecular complexity index is 1030. The molecule has 0 aromatic heterocycles. The molecular formula is C21H32F5N3O8S2. The second-order valence-corrected chi connectivity index (χ2v) is 13.5. The topological polar surface area (TPSA) is 151 Å². The van der Waals surface area contributed by atoms with E-state index >= 15 is 0 Å². The number of halogens is 5. The van der Waals surface area contributed by atoms with E-state index in [1.165, 1.54) is 0 Å².